The molecule has 0 saturated carbocycles. The molecule has 2 aromatic carbocycles. The van der Waals surface area contributed by atoms with Gasteiger partial charge in [-0.25, -0.2) is 0 Å². The number of nitro groups is 1. The van der Waals surface area contributed by atoms with Gasteiger partial charge in [-0.15, -0.1) is 10.2 Å². The van der Waals surface area contributed by atoms with E-state index in [0.717, 1.165) is 16.6 Å². The number of benzene rings is 2. The zero-order chi connectivity index (χ0) is 16.6. The van der Waals surface area contributed by atoms with Crippen molar-refractivity contribution in [1.29, 1.82) is 0 Å². The number of fused-ring (bicyclic) bond motifs is 1. The van der Waals surface area contributed by atoms with Crippen molar-refractivity contribution >= 4 is 28.0 Å². The minimum atomic E-state index is -0.517. The standard InChI is InChI=1S/C16H14N4O3/c1-9-7-8-11-14(10(9)2)17-16(21)15(11)19-18-12-5-3-4-6-13(12)20(22)23/h3-8,17,21H,1-2H3. The second kappa shape index (κ2) is 5.53. The number of aromatic nitrogens is 1. The zero-order valence-corrected chi connectivity index (χ0v) is 12.6. The third kappa shape index (κ3) is 2.52. The van der Waals surface area contributed by atoms with E-state index in [4.69, 9.17) is 0 Å². The Balaban J connectivity index is 2.11. The quantitative estimate of drug-likeness (QED) is 0.412. The van der Waals surface area contributed by atoms with E-state index in [-0.39, 0.29) is 22.9 Å². The minimum Gasteiger partial charge on any atom is -0.493 e. The predicted octanol–water partition coefficient (Wildman–Crippen LogP) is 4.81. The number of hydrogen-bond donors (Lipinski definition) is 2. The number of hydrogen-bond acceptors (Lipinski definition) is 5. The number of rotatable bonds is 3. The van der Waals surface area contributed by atoms with E-state index in [1.165, 1.54) is 12.1 Å². The van der Waals surface area contributed by atoms with Crippen molar-refractivity contribution in [3.05, 3.63) is 57.6 Å². The molecule has 3 rings (SSSR count). The number of H-pyrrole nitrogens is 1. The lowest BCUT2D eigenvalue weighted by Gasteiger charge is -2.00. The van der Waals surface area contributed by atoms with Crippen LogP contribution in [0, 0.1) is 24.0 Å². The van der Waals surface area contributed by atoms with E-state index in [1.807, 2.05) is 26.0 Å². The highest BCUT2D eigenvalue weighted by molar-refractivity contribution is 5.96. The Kier molecular flexibility index (Phi) is 3.53. The van der Waals surface area contributed by atoms with Gasteiger partial charge in [0.2, 0.25) is 5.88 Å². The molecule has 0 spiro atoms. The number of nitrogens with zero attached hydrogens (tertiary/aromatic N) is 3. The average Bonchev–Trinajstić information content (AvgIpc) is 2.85. The Morgan fingerprint density at radius 3 is 2.61 bits per heavy atom. The third-order valence-electron chi connectivity index (χ3n) is 3.79. The van der Waals surface area contributed by atoms with Crippen LogP contribution in [-0.2, 0) is 0 Å². The lowest BCUT2D eigenvalue weighted by atomic mass is 10.1. The Morgan fingerprint density at radius 1 is 1.13 bits per heavy atom. The number of para-hydroxylation sites is 1. The summed E-state index contributed by atoms with van der Waals surface area (Å²) in [5.41, 5.74) is 3.13. The normalized spacial score (nSPS) is 11.4. The van der Waals surface area contributed by atoms with Crippen LogP contribution < -0.4 is 0 Å². The van der Waals surface area contributed by atoms with Crippen molar-refractivity contribution in [2.24, 2.45) is 10.2 Å². The van der Waals surface area contributed by atoms with Gasteiger partial charge in [-0.3, -0.25) is 10.1 Å². The first-order valence-corrected chi connectivity index (χ1v) is 6.95. The summed E-state index contributed by atoms with van der Waals surface area (Å²) in [6.45, 7) is 3.91. The van der Waals surface area contributed by atoms with Crippen LogP contribution >= 0.6 is 0 Å². The van der Waals surface area contributed by atoms with Gasteiger partial charge >= 0.3 is 0 Å². The summed E-state index contributed by atoms with van der Waals surface area (Å²) in [6.07, 6.45) is 0. The molecule has 116 valence electrons. The van der Waals surface area contributed by atoms with Crippen molar-refractivity contribution in [2.75, 3.05) is 0 Å². The first-order valence-electron chi connectivity index (χ1n) is 6.95. The Bertz CT molecular complexity index is 944. The molecule has 0 atom stereocenters. The fourth-order valence-corrected chi connectivity index (χ4v) is 2.39. The number of azo groups is 1. The van der Waals surface area contributed by atoms with Crippen LogP contribution in [0.2, 0.25) is 0 Å². The Labute approximate surface area is 131 Å². The largest absolute Gasteiger partial charge is 0.493 e. The van der Waals surface area contributed by atoms with Crippen LogP contribution in [0.3, 0.4) is 0 Å². The van der Waals surface area contributed by atoms with Gasteiger partial charge in [0.15, 0.2) is 11.4 Å². The molecule has 2 N–H and O–H groups in total. The van der Waals surface area contributed by atoms with Crippen LogP contribution in [0.4, 0.5) is 17.1 Å². The van der Waals surface area contributed by atoms with Gasteiger partial charge in [0.05, 0.1) is 10.4 Å². The molecule has 0 saturated heterocycles. The van der Waals surface area contributed by atoms with Gasteiger partial charge < -0.3 is 10.1 Å². The molecule has 0 radical (unpaired) electrons. The highest BCUT2D eigenvalue weighted by Crippen LogP contribution is 2.39. The third-order valence-corrected chi connectivity index (χ3v) is 3.79. The molecule has 0 aliphatic rings. The molecule has 1 heterocycles. The first-order chi connectivity index (χ1) is 11.0. The fourth-order valence-electron chi connectivity index (χ4n) is 2.39. The van der Waals surface area contributed by atoms with Crippen molar-refractivity contribution in [2.45, 2.75) is 13.8 Å². The van der Waals surface area contributed by atoms with E-state index >= 15 is 0 Å². The van der Waals surface area contributed by atoms with Crippen LogP contribution in [0.1, 0.15) is 11.1 Å². The summed E-state index contributed by atoms with van der Waals surface area (Å²) in [6, 6.07) is 9.83. The molecule has 7 heteroatoms. The lowest BCUT2D eigenvalue weighted by molar-refractivity contribution is -0.384. The molecule has 0 fully saturated rings. The average molecular weight is 310 g/mol. The minimum absolute atomic E-state index is 0.115. The van der Waals surface area contributed by atoms with Crippen molar-refractivity contribution < 1.29 is 10.0 Å². The molecule has 0 unspecified atom stereocenters. The number of aryl methyl sites for hydroxylation is 2. The second-order valence-corrected chi connectivity index (χ2v) is 5.20. The van der Waals surface area contributed by atoms with E-state index in [0.29, 0.717) is 5.39 Å². The van der Waals surface area contributed by atoms with E-state index in [1.54, 1.807) is 12.1 Å². The first kappa shape index (κ1) is 14.7. The Hall–Kier alpha value is -3.22. The van der Waals surface area contributed by atoms with Gasteiger partial charge in [0.25, 0.3) is 5.69 Å². The summed E-state index contributed by atoms with van der Waals surface area (Å²) in [4.78, 5) is 13.4. The van der Waals surface area contributed by atoms with Gasteiger partial charge in [-0.2, -0.15) is 0 Å². The van der Waals surface area contributed by atoms with E-state index in [2.05, 4.69) is 15.2 Å². The second-order valence-electron chi connectivity index (χ2n) is 5.20. The number of nitro benzene ring substituents is 1. The molecule has 0 bridgehead atoms. The van der Waals surface area contributed by atoms with Gasteiger partial charge in [-0.1, -0.05) is 24.3 Å². The number of aromatic hydroxyl groups is 1. The topological polar surface area (TPSA) is 104 Å². The van der Waals surface area contributed by atoms with E-state index in [9.17, 15) is 15.2 Å². The van der Waals surface area contributed by atoms with Crippen molar-refractivity contribution in [3.8, 4) is 5.88 Å². The molecular weight excluding hydrogens is 296 g/mol. The zero-order valence-electron chi connectivity index (χ0n) is 12.6. The molecule has 0 aliphatic heterocycles. The van der Waals surface area contributed by atoms with E-state index < -0.39 is 4.92 Å². The van der Waals surface area contributed by atoms with Crippen LogP contribution in [0.25, 0.3) is 10.9 Å². The molecule has 1 aromatic heterocycles. The SMILES string of the molecule is Cc1ccc2c(N=Nc3ccccc3[N+](=O)[O-])c(O)[nH]c2c1C. The summed E-state index contributed by atoms with van der Waals surface area (Å²) >= 11 is 0. The lowest BCUT2D eigenvalue weighted by Crippen LogP contribution is -1.86. The highest BCUT2D eigenvalue weighted by Gasteiger charge is 2.15. The molecule has 0 aliphatic carbocycles. The van der Waals surface area contributed by atoms with Crippen LogP contribution in [-0.4, -0.2) is 15.0 Å². The highest BCUT2D eigenvalue weighted by atomic mass is 16.6. The number of aromatic amines is 1. The predicted molar refractivity (Wildman–Crippen MR) is 86.7 cm³/mol. The van der Waals surface area contributed by atoms with Crippen molar-refractivity contribution in [3.63, 3.8) is 0 Å². The maximum atomic E-state index is 11.0. The summed E-state index contributed by atoms with van der Waals surface area (Å²) in [5, 5.41) is 29.7. The monoisotopic (exact) mass is 310 g/mol. The fraction of sp³-hybridized carbons (Fsp3) is 0.125. The molecule has 3 aromatic rings. The summed E-state index contributed by atoms with van der Waals surface area (Å²) in [7, 11) is 0. The molecule has 0 amide bonds. The summed E-state index contributed by atoms with van der Waals surface area (Å²) < 4.78 is 0. The van der Waals surface area contributed by atoms with Crippen LogP contribution in [0.5, 0.6) is 5.88 Å². The van der Waals surface area contributed by atoms with Gasteiger partial charge in [0.1, 0.15) is 0 Å². The molecular formula is C16H14N4O3. The molecule has 7 nitrogen and oxygen atoms in total. The summed E-state index contributed by atoms with van der Waals surface area (Å²) in [5.74, 6) is -0.115. The Morgan fingerprint density at radius 2 is 1.87 bits per heavy atom. The smallest absolute Gasteiger partial charge is 0.296 e. The van der Waals surface area contributed by atoms with Crippen LogP contribution in [0.15, 0.2) is 46.6 Å². The van der Waals surface area contributed by atoms with Gasteiger partial charge in [-0.05, 0) is 31.0 Å². The number of nitrogens with one attached hydrogen (secondary N) is 1. The molecule has 23 heavy (non-hydrogen) atoms. The maximum absolute atomic E-state index is 11.0. The van der Waals surface area contributed by atoms with Gasteiger partial charge in [0, 0.05) is 11.5 Å². The van der Waals surface area contributed by atoms with Crippen molar-refractivity contribution in [1.82, 2.24) is 4.98 Å². The maximum Gasteiger partial charge on any atom is 0.296 e.